The molecule has 0 radical (unpaired) electrons. The summed E-state index contributed by atoms with van der Waals surface area (Å²) in [6, 6.07) is 10.5. The Kier molecular flexibility index (Phi) is 7.39. The molecule has 1 amide bonds. The number of hydrogen-bond donors (Lipinski definition) is 0. The average molecular weight is 427 g/mol. The first-order valence-electron chi connectivity index (χ1n) is 10.5. The van der Waals surface area contributed by atoms with Gasteiger partial charge in [-0.15, -0.1) is 0 Å². The molecule has 1 unspecified atom stereocenters. The summed E-state index contributed by atoms with van der Waals surface area (Å²) in [5.41, 5.74) is 2.58. The molecule has 1 heterocycles. The van der Waals surface area contributed by atoms with Gasteiger partial charge in [-0.1, -0.05) is 6.92 Å². The van der Waals surface area contributed by atoms with Crippen LogP contribution in [0.1, 0.15) is 47.8 Å². The molecular formula is C24H29NO6. The minimum atomic E-state index is -0.365. The van der Waals surface area contributed by atoms with E-state index in [2.05, 4.69) is 0 Å². The maximum Gasteiger partial charge on any atom is 0.338 e. The van der Waals surface area contributed by atoms with Crippen molar-refractivity contribution in [3.63, 3.8) is 0 Å². The highest BCUT2D eigenvalue weighted by Gasteiger charge is 2.32. The fourth-order valence-corrected chi connectivity index (χ4v) is 3.79. The predicted octanol–water partition coefficient (Wildman–Crippen LogP) is 3.80. The molecular weight excluding hydrogens is 398 g/mol. The molecule has 0 saturated heterocycles. The van der Waals surface area contributed by atoms with Crippen molar-refractivity contribution >= 4 is 11.9 Å². The largest absolute Gasteiger partial charge is 0.493 e. The number of benzene rings is 2. The van der Waals surface area contributed by atoms with Gasteiger partial charge in [-0.25, -0.2) is 4.79 Å². The second kappa shape index (κ2) is 10.2. The number of rotatable bonds is 8. The highest BCUT2D eigenvalue weighted by Crippen LogP contribution is 2.38. The smallest absolute Gasteiger partial charge is 0.338 e. The van der Waals surface area contributed by atoms with Crippen molar-refractivity contribution in [2.45, 2.75) is 32.7 Å². The third kappa shape index (κ3) is 4.93. The van der Waals surface area contributed by atoms with Crippen LogP contribution >= 0.6 is 0 Å². The Balaban J connectivity index is 1.84. The topological polar surface area (TPSA) is 74.3 Å². The summed E-state index contributed by atoms with van der Waals surface area (Å²) in [4.78, 5) is 26.3. The van der Waals surface area contributed by atoms with Crippen LogP contribution in [-0.4, -0.2) is 50.8 Å². The molecule has 3 rings (SSSR count). The summed E-state index contributed by atoms with van der Waals surface area (Å²) < 4.78 is 22.0. The van der Waals surface area contributed by atoms with Gasteiger partial charge in [0.2, 0.25) is 5.91 Å². The normalized spacial score (nSPS) is 15.1. The monoisotopic (exact) mass is 427 g/mol. The number of carbonyl (C=O) groups excluding carboxylic acids is 2. The van der Waals surface area contributed by atoms with Gasteiger partial charge in [0.05, 0.1) is 32.4 Å². The lowest BCUT2D eigenvalue weighted by Crippen LogP contribution is -2.42. The fourth-order valence-electron chi connectivity index (χ4n) is 3.79. The van der Waals surface area contributed by atoms with Crippen molar-refractivity contribution in [3.05, 3.63) is 53.1 Å². The van der Waals surface area contributed by atoms with Crippen LogP contribution in [0.5, 0.6) is 17.2 Å². The van der Waals surface area contributed by atoms with E-state index < -0.39 is 0 Å². The molecule has 2 aromatic rings. The van der Waals surface area contributed by atoms with Crippen LogP contribution in [0.4, 0.5) is 0 Å². The van der Waals surface area contributed by atoms with Crippen LogP contribution in [0.2, 0.25) is 0 Å². The van der Waals surface area contributed by atoms with E-state index in [4.69, 9.17) is 18.9 Å². The highest BCUT2D eigenvalue weighted by atomic mass is 16.5. The number of ether oxygens (including phenoxy) is 4. The Labute approximate surface area is 182 Å². The van der Waals surface area contributed by atoms with Gasteiger partial charge >= 0.3 is 5.97 Å². The van der Waals surface area contributed by atoms with Crippen LogP contribution in [0.25, 0.3) is 0 Å². The van der Waals surface area contributed by atoms with Crippen LogP contribution in [0, 0.1) is 0 Å². The second-order valence-electron chi connectivity index (χ2n) is 7.17. The number of amides is 1. The van der Waals surface area contributed by atoms with E-state index in [-0.39, 0.29) is 24.5 Å². The van der Waals surface area contributed by atoms with E-state index in [1.807, 2.05) is 24.0 Å². The van der Waals surface area contributed by atoms with Crippen LogP contribution < -0.4 is 14.2 Å². The van der Waals surface area contributed by atoms with E-state index in [1.165, 1.54) is 0 Å². The maximum absolute atomic E-state index is 12.6. The molecule has 0 aliphatic carbocycles. The SMILES string of the molecule is CCOC(=O)c1ccc(OCC2c3cc(OC)c(OC)cc3CCN2C(=O)CC)cc1. The first-order valence-corrected chi connectivity index (χ1v) is 10.5. The Morgan fingerprint density at radius 2 is 1.71 bits per heavy atom. The summed E-state index contributed by atoms with van der Waals surface area (Å²) in [6.45, 7) is 4.86. The van der Waals surface area contributed by atoms with Crippen molar-refractivity contribution < 1.29 is 28.5 Å². The van der Waals surface area contributed by atoms with Crippen LogP contribution in [0.3, 0.4) is 0 Å². The number of fused-ring (bicyclic) bond motifs is 1. The predicted molar refractivity (Wildman–Crippen MR) is 116 cm³/mol. The van der Waals surface area contributed by atoms with Crippen LogP contribution in [0.15, 0.2) is 36.4 Å². The van der Waals surface area contributed by atoms with E-state index in [0.29, 0.717) is 42.4 Å². The number of hydrogen-bond acceptors (Lipinski definition) is 6. The van der Waals surface area contributed by atoms with Crippen LogP contribution in [-0.2, 0) is 16.0 Å². The van der Waals surface area contributed by atoms with Gasteiger partial charge in [0.25, 0.3) is 0 Å². The molecule has 0 spiro atoms. The highest BCUT2D eigenvalue weighted by molar-refractivity contribution is 5.89. The zero-order chi connectivity index (χ0) is 22.4. The summed E-state index contributed by atoms with van der Waals surface area (Å²) in [5, 5.41) is 0. The van der Waals surface area contributed by atoms with Gasteiger partial charge in [-0.05, 0) is 60.9 Å². The molecule has 2 aromatic carbocycles. The molecule has 0 bridgehead atoms. The van der Waals surface area contributed by atoms with Crippen molar-refractivity contribution in [3.8, 4) is 17.2 Å². The lowest BCUT2D eigenvalue weighted by molar-refractivity contribution is -0.134. The van der Waals surface area contributed by atoms with Crippen molar-refractivity contribution in [1.29, 1.82) is 0 Å². The molecule has 1 aliphatic heterocycles. The summed E-state index contributed by atoms with van der Waals surface area (Å²) in [5.74, 6) is 1.62. The number of esters is 1. The van der Waals surface area contributed by atoms with Gasteiger partial charge in [0.15, 0.2) is 11.5 Å². The molecule has 1 atom stereocenters. The summed E-state index contributed by atoms with van der Waals surface area (Å²) >= 11 is 0. The molecule has 0 saturated carbocycles. The van der Waals surface area contributed by atoms with E-state index in [0.717, 1.165) is 17.5 Å². The molecule has 0 fully saturated rings. The first kappa shape index (κ1) is 22.5. The van der Waals surface area contributed by atoms with Gasteiger partial charge in [-0.3, -0.25) is 4.79 Å². The quantitative estimate of drug-likeness (QED) is 0.597. The Hall–Kier alpha value is -3.22. The fraction of sp³-hybridized carbons (Fsp3) is 0.417. The van der Waals surface area contributed by atoms with Gasteiger partial charge in [-0.2, -0.15) is 0 Å². The van der Waals surface area contributed by atoms with Crippen molar-refractivity contribution in [1.82, 2.24) is 4.90 Å². The van der Waals surface area contributed by atoms with Gasteiger partial charge < -0.3 is 23.8 Å². The Morgan fingerprint density at radius 1 is 1.03 bits per heavy atom. The minimum absolute atomic E-state index is 0.0756. The van der Waals surface area contributed by atoms with E-state index >= 15 is 0 Å². The molecule has 31 heavy (non-hydrogen) atoms. The van der Waals surface area contributed by atoms with Gasteiger partial charge in [0, 0.05) is 13.0 Å². The Morgan fingerprint density at radius 3 is 2.32 bits per heavy atom. The summed E-state index contributed by atoms with van der Waals surface area (Å²) in [7, 11) is 3.21. The lowest BCUT2D eigenvalue weighted by atomic mass is 9.92. The molecule has 0 aromatic heterocycles. The molecule has 0 N–H and O–H groups in total. The van der Waals surface area contributed by atoms with E-state index in [1.54, 1.807) is 45.4 Å². The minimum Gasteiger partial charge on any atom is -0.493 e. The first-order chi connectivity index (χ1) is 15.0. The second-order valence-corrected chi connectivity index (χ2v) is 7.17. The standard InChI is InChI=1S/C24H29NO6/c1-5-23(26)25-12-11-17-13-21(28-3)22(29-4)14-19(17)20(25)15-31-18-9-7-16(8-10-18)24(27)30-6-2/h7-10,13-14,20H,5-6,11-12,15H2,1-4H3. The molecule has 7 heteroatoms. The van der Waals surface area contributed by atoms with Crippen molar-refractivity contribution in [2.75, 3.05) is 34.0 Å². The summed E-state index contributed by atoms with van der Waals surface area (Å²) in [6.07, 6.45) is 1.17. The average Bonchev–Trinajstić information content (AvgIpc) is 2.81. The molecule has 7 nitrogen and oxygen atoms in total. The zero-order valence-electron chi connectivity index (χ0n) is 18.5. The van der Waals surface area contributed by atoms with Gasteiger partial charge in [0.1, 0.15) is 12.4 Å². The van der Waals surface area contributed by atoms with E-state index in [9.17, 15) is 9.59 Å². The third-order valence-corrected chi connectivity index (χ3v) is 5.40. The zero-order valence-corrected chi connectivity index (χ0v) is 18.5. The lowest BCUT2D eigenvalue weighted by Gasteiger charge is -2.37. The number of nitrogens with zero attached hydrogens (tertiary/aromatic N) is 1. The number of methoxy groups -OCH3 is 2. The maximum atomic E-state index is 12.6. The molecule has 166 valence electrons. The molecule has 1 aliphatic rings. The van der Waals surface area contributed by atoms with Crippen molar-refractivity contribution in [2.24, 2.45) is 0 Å². The Bertz CT molecular complexity index is 924. The third-order valence-electron chi connectivity index (χ3n) is 5.40. The number of carbonyl (C=O) groups is 2.